The maximum atomic E-state index is 11.5. The molecule has 1 aliphatic rings. The highest BCUT2D eigenvalue weighted by atomic mass is 32.2. The number of amides is 1. The van der Waals surface area contributed by atoms with E-state index in [9.17, 15) is 10.1 Å². The fourth-order valence-corrected chi connectivity index (χ4v) is 5.11. The predicted octanol–water partition coefficient (Wildman–Crippen LogP) is 6.89. The number of carbonyl (C=O) groups is 1. The van der Waals surface area contributed by atoms with Crippen LogP contribution in [0.3, 0.4) is 0 Å². The summed E-state index contributed by atoms with van der Waals surface area (Å²) in [5.74, 6) is 0. The maximum Gasteiger partial charge on any atom is 0.410 e. The third kappa shape index (κ3) is 8.33. The molecule has 5 rings (SSSR count). The van der Waals surface area contributed by atoms with Crippen molar-refractivity contribution in [1.82, 2.24) is 29.3 Å². The Morgan fingerprint density at radius 2 is 1.77 bits per heavy atom. The van der Waals surface area contributed by atoms with Gasteiger partial charge in [0.1, 0.15) is 16.7 Å². The lowest BCUT2D eigenvalue weighted by Gasteiger charge is -2.29. The van der Waals surface area contributed by atoms with Gasteiger partial charge in [-0.25, -0.2) is 14.3 Å². The van der Waals surface area contributed by atoms with E-state index in [-0.39, 0.29) is 11.7 Å². The summed E-state index contributed by atoms with van der Waals surface area (Å²) in [4.78, 5) is 18.8. The third-order valence-corrected chi connectivity index (χ3v) is 6.79. The first-order valence-electron chi connectivity index (χ1n) is 13.6. The van der Waals surface area contributed by atoms with Gasteiger partial charge >= 0.3 is 6.09 Å². The Kier molecular flexibility index (Phi) is 10.7. The minimum atomic E-state index is -0.367. The molecule has 0 radical (unpaired) electrons. The van der Waals surface area contributed by atoms with E-state index in [2.05, 4.69) is 27.3 Å². The summed E-state index contributed by atoms with van der Waals surface area (Å²) in [6.07, 6.45) is 10.6. The lowest BCUT2D eigenvalue weighted by atomic mass is 10.1. The second-order valence-electron chi connectivity index (χ2n) is 10.2. The number of rotatable bonds is 3. The minimum Gasteiger partial charge on any atom is -0.444 e. The van der Waals surface area contributed by atoms with Gasteiger partial charge in [0.25, 0.3) is 0 Å². The van der Waals surface area contributed by atoms with Gasteiger partial charge in [0.05, 0.1) is 23.5 Å². The van der Waals surface area contributed by atoms with Crippen molar-refractivity contribution in [3.05, 3.63) is 60.3 Å². The Hall–Kier alpha value is -3.84. The zero-order valence-corrected chi connectivity index (χ0v) is 25.3. The Labute approximate surface area is 241 Å². The molecule has 0 spiro atoms. The molecule has 0 N–H and O–H groups in total. The number of carbonyl (C=O) groups excluding carboxylic acids is 1. The molecule has 4 aromatic heterocycles. The Balaban J connectivity index is 0.000000249. The van der Waals surface area contributed by atoms with Gasteiger partial charge < -0.3 is 9.64 Å². The summed E-state index contributed by atoms with van der Waals surface area (Å²) < 4.78 is 8.78. The molecule has 1 aliphatic heterocycles. The van der Waals surface area contributed by atoms with Gasteiger partial charge in [-0.1, -0.05) is 31.7 Å². The molecular weight excluding hydrogens is 522 g/mol. The molecule has 1 fully saturated rings. The molecule has 0 aliphatic carbocycles. The summed E-state index contributed by atoms with van der Waals surface area (Å²) in [6, 6.07) is 10.2. The van der Waals surface area contributed by atoms with Crippen LogP contribution in [0.15, 0.2) is 59.0 Å². The number of nitriles is 1. The molecule has 0 bridgehead atoms. The molecule has 5 heterocycles. The van der Waals surface area contributed by atoms with E-state index in [0.29, 0.717) is 5.56 Å². The normalized spacial score (nSPS) is 13.0. The van der Waals surface area contributed by atoms with Crippen molar-refractivity contribution >= 4 is 23.4 Å². The number of fused-ring (bicyclic) bond motifs is 1. The van der Waals surface area contributed by atoms with Crippen LogP contribution in [0.4, 0.5) is 4.79 Å². The fraction of sp³-hybridized carbons (Fsp3) is 0.433. The lowest BCUT2D eigenvalue weighted by Crippen LogP contribution is -2.39. The van der Waals surface area contributed by atoms with Crippen LogP contribution >= 0.6 is 11.8 Å². The quantitative estimate of drug-likeness (QED) is 0.268. The zero-order chi connectivity index (χ0) is 29.3. The zero-order valence-electron chi connectivity index (χ0n) is 24.5. The first kappa shape index (κ1) is 30.7. The van der Waals surface area contributed by atoms with Crippen LogP contribution < -0.4 is 0 Å². The lowest BCUT2D eigenvalue weighted by molar-refractivity contribution is 0.0216. The molecule has 10 heteroatoms. The molecule has 0 saturated carbocycles. The SMILES string of the molecule is CC.CC(C)(C)OC(=O)N1CCCCC1.Cc1cccc(Sc2cc(-c3cnn(C)c3)cn3ncc(C#N)c23)n1. The molecule has 212 valence electrons. The van der Waals surface area contributed by atoms with Gasteiger partial charge in [0, 0.05) is 54.2 Å². The average Bonchev–Trinajstić information content (AvgIpc) is 3.56. The van der Waals surface area contributed by atoms with Crippen molar-refractivity contribution < 1.29 is 9.53 Å². The largest absolute Gasteiger partial charge is 0.444 e. The minimum absolute atomic E-state index is 0.160. The van der Waals surface area contributed by atoms with E-state index in [1.54, 1.807) is 20.3 Å². The van der Waals surface area contributed by atoms with Crippen molar-refractivity contribution in [3.8, 4) is 17.2 Å². The van der Waals surface area contributed by atoms with Crippen molar-refractivity contribution in [2.24, 2.45) is 7.05 Å². The van der Waals surface area contributed by atoms with Crippen molar-refractivity contribution in [3.63, 3.8) is 0 Å². The highest BCUT2D eigenvalue weighted by Crippen LogP contribution is 2.34. The predicted molar refractivity (Wildman–Crippen MR) is 158 cm³/mol. The van der Waals surface area contributed by atoms with Crippen LogP contribution in [0.5, 0.6) is 0 Å². The van der Waals surface area contributed by atoms with Crippen molar-refractivity contribution in [1.29, 1.82) is 5.26 Å². The molecule has 9 nitrogen and oxygen atoms in total. The first-order valence-corrected chi connectivity index (χ1v) is 14.4. The van der Waals surface area contributed by atoms with Crippen molar-refractivity contribution in [2.45, 2.75) is 76.3 Å². The molecule has 0 unspecified atom stereocenters. The van der Waals surface area contributed by atoms with Crippen LogP contribution in [0.25, 0.3) is 16.6 Å². The fourth-order valence-electron chi connectivity index (χ4n) is 4.06. The summed E-state index contributed by atoms with van der Waals surface area (Å²) >= 11 is 1.53. The number of hydrogen-bond donors (Lipinski definition) is 0. The van der Waals surface area contributed by atoms with Crippen molar-refractivity contribution in [2.75, 3.05) is 13.1 Å². The second-order valence-corrected chi connectivity index (χ2v) is 11.3. The molecule has 40 heavy (non-hydrogen) atoms. The standard InChI is InChI=1S/C18H14N6S.C10H19NO2.C2H6/c1-12-4-3-5-17(22-12)25-16-6-13(15-9-20-23(2)10-15)11-24-18(16)14(7-19)8-21-24;1-10(2,3)13-9(12)11-7-5-4-6-8-11;1-2/h3-6,8-11H,1-2H3;4-8H2,1-3H3;1-2H3. The number of aryl methyl sites for hydroxylation is 2. The smallest absolute Gasteiger partial charge is 0.410 e. The number of pyridine rings is 2. The Morgan fingerprint density at radius 1 is 1.05 bits per heavy atom. The summed E-state index contributed by atoms with van der Waals surface area (Å²) in [7, 11) is 1.88. The average molecular weight is 562 g/mol. The summed E-state index contributed by atoms with van der Waals surface area (Å²) in [5, 5.41) is 18.9. The Morgan fingerprint density at radius 3 is 2.38 bits per heavy atom. The highest BCUT2D eigenvalue weighted by Gasteiger charge is 2.23. The van der Waals surface area contributed by atoms with E-state index in [1.165, 1.54) is 18.2 Å². The van der Waals surface area contributed by atoms with E-state index in [1.807, 2.05) is 85.4 Å². The van der Waals surface area contributed by atoms with E-state index in [4.69, 9.17) is 4.74 Å². The summed E-state index contributed by atoms with van der Waals surface area (Å²) in [6.45, 7) is 13.4. The molecule has 0 aromatic carbocycles. The number of aromatic nitrogens is 5. The molecule has 0 atom stereocenters. The Bertz CT molecular complexity index is 1460. The van der Waals surface area contributed by atoms with E-state index < -0.39 is 0 Å². The van der Waals surface area contributed by atoms with E-state index >= 15 is 0 Å². The number of piperidine rings is 1. The van der Waals surface area contributed by atoms with Crippen LogP contribution in [-0.2, 0) is 11.8 Å². The molecule has 1 amide bonds. The number of hydrogen-bond acceptors (Lipinski definition) is 7. The van der Waals surface area contributed by atoms with Gasteiger partial charge in [-0.05, 0) is 65.2 Å². The molecular formula is C30H39N7O2S. The number of ether oxygens (including phenoxy) is 1. The monoisotopic (exact) mass is 561 g/mol. The first-order chi connectivity index (χ1) is 19.1. The van der Waals surface area contributed by atoms with E-state index in [0.717, 1.165) is 58.2 Å². The van der Waals surface area contributed by atoms with Gasteiger partial charge in [0.2, 0.25) is 0 Å². The summed E-state index contributed by atoms with van der Waals surface area (Å²) in [5.41, 5.74) is 3.92. The topological polar surface area (TPSA) is 101 Å². The van der Waals surface area contributed by atoms with Crippen LogP contribution in [0, 0.1) is 18.3 Å². The van der Waals surface area contributed by atoms with Crippen LogP contribution in [0.2, 0.25) is 0 Å². The van der Waals surface area contributed by atoms with Gasteiger partial charge in [-0.2, -0.15) is 15.5 Å². The van der Waals surface area contributed by atoms with Gasteiger partial charge in [-0.3, -0.25) is 4.68 Å². The maximum absolute atomic E-state index is 11.5. The van der Waals surface area contributed by atoms with Crippen LogP contribution in [0.1, 0.15) is 65.1 Å². The third-order valence-electron chi connectivity index (χ3n) is 5.82. The van der Waals surface area contributed by atoms with Crippen LogP contribution in [-0.4, -0.2) is 54.1 Å². The van der Waals surface area contributed by atoms with Gasteiger partial charge in [-0.15, -0.1) is 0 Å². The second kappa shape index (κ2) is 14.0. The number of likely N-dealkylation sites (tertiary alicyclic amines) is 1. The number of nitrogens with zero attached hydrogens (tertiary/aromatic N) is 7. The molecule has 1 saturated heterocycles. The molecule has 4 aromatic rings. The van der Waals surface area contributed by atoms with Gasteiger partial charge in [0.15, 0.2) is 0 Å². The highest BCUT2D eigenvalue weighted by molar-refractivity contribution is 7.99.